The fraction of sp³-hybridized carbons (Fsp3) is 0.529. The second kappa shape index (κ2) is 6.48. The number of ether oxygens (including phenoxy) is 1. The first-order chi connectivity index (χ1) is 10.7. The Morgan fingerprint density at radius 3 is 3.14 bits per heavy atom. The number of carbonyl (C=O) groups excluding carboxylic acids is 1. The van der Waals surface area contributed by atoms with Crippen molar-refractivity contribution in [3.05, 3.63) is 35.8 Å². The van der Waals surface area contributed by atoms with E-state index in [-0.39, 0.29) is 5.97 Å². The Balaban J connectivity index is 1.81. The molecular weight excluding hydrogens is 278 g/mol. The van der Waals surface area contributed by atoms with Crippen LogP contribution in [0.5, 0.6) is 0 Å². The second-order valence-corrected chi connectivity index (χ2v) is 5.98. The third-order valence-corrected chi connectivity index (χ3v) is 4.49. The smallest absolute Gasteiger partial charge is 0.341 e. The van der Waals surface area contributed by atoms with Gasteiger partial charge in [-0.25, -0.2) is 9.78 Å². The number of hydrogen-bond donors (Lipinski definition) is 0. The Hall–Kier alpha value is -1.88. The molecule has 2 aromatic rings. The number of fused-ring (bicyclic) bond motifs is 1. The Labute approximate surface area is 130 Å². The van der Waals surface area contributed by atoms with Gasteiger partial charge in [0.1, 0.15) is 5.56 Å². The van der Waals surface area contributed by atoms with Crippen LogP contribution in [0.3, 0.4) is 0 Å². The van der Waals surface area contributed by atoms with Crippen molar-refractivity contribution >= 4 is 11.6 Å². The number of aromatic nitrogens is 2. The molecule has 0 amide bonds. The van der Waals surface area contributed by atoms with Gasteiger partial charge in [0, 0.05) is 18.9 Å². The quantitative estimate of drug-likeness (QED) is 0.814. The van der Waals surface area contributed by atoms with Crippen molar-refractivity contribution < 1.29 is 9.53 Å². The highest BCUT2D eigenvalue weighted by atomic mass is 16.5. The number of nitrogens with zero attached hydrogens (tertiary/aromatic N) is 3. The van der Waals surface area contributed by atoms with Gasteiger partial charge < -0.3 is 14.0 Å². The minimum Gasteiger partial charge on any atom is -0.465 e. The molecular formula is C17H23N3O2. The van der Waals surface area contributed by atoms with E-state index >= 15 is 0 Å². The molecule has 0 aliphatic carbocycles. The number of pyridine rings is 1. The summed E-state index contributed by atoms with van der Waals surface area (Å²) in [6.45, 7) is 5.70. The van der Waals surface area contributed by atoms with Crippen molar-refractivity contribution in [1.29, 1.82) is 0 Å². The zero-order valence-corrected chi connectivity index (χ0v) is 13.3. The van der Waals surface area contributed by atoms with Gasteiger partial charge in [0.05, 0.1) is 12.8 Å². The predicted octanol–water partition coefficient (Wildman–Crippen LogP) is 2.40. The monoisotopic (exact) mass is 301 g/mol. The van der Waals surface area contributed by atoms with Crippen molar-refractivity contribution in [3.8, 4) is 0 Å². The number of rotatable bonds is 4. The fourth-order valence-electron chi connectivity index (χ4n) is 3.33. The molecule has 1 saturated heterocycles. The van der Waals surface area contributed by atoms with Crippen molar-refractivity contribution in [2.24, 2.45) is 5.92 Å². The van der Waals surface area contributed by atoms with E-state index in [1.165, 1.54) is 26.5 Å². The summed E-state index contributed by atoms with van der Waals surface area (Å²) in [4.78, 5) is 19.0. The lowest BCUT2D eigenvalue weighted by atomic mass is 9.94. The number of esters is 1. The van der Waals surface area contributed by atoms with Gasteiger partial charge in [-0.1, -0.05) is 6.92 Å². The average Bonchev–Trinajstić information content (AvgIpc) is 2.96. The van der Waals surface area contributed by atoms with Crippen LogP contribution in [-0.4, -0.2) is 47.0 Å². The molecule has 1 fully saturated rings. The van der Waals surface area contributed by atoms with Gasteiger partial charge in [0.2, 0.25) is 0 Å². The van der Waals surface area contributed by atoms with Crippen LogP contribution in [-0.2, 0) is 11.2 Å². The summed E-state index contributed by atoms with van der Waals surface area (Å²) in [6, 6.07) is 3.61. The molecule has 1 unspecified atom stereocenters. The molecule has 0 aromatic carbocycles. The molecule has 1 aliphatic heterocycles. The fourth-order valence-corrected chi connectivity index (χ4v) is 3.33. The first kappa shape index (κ1) is 15.0. The first-order valence-corrected chi connectivity index (χ1v) is 7.98. The van der Waals surface area contributed by atoms with E-state index in [2.05, 4.69) is 16.8 Å². The van der Waals surface area contributed by atoms with Gasteiger partial charge >= 0.3 is 5.97 Å². The largest absolute Gasteiger partial charge is 0.465 e. The lowest BCUT2D eigenvalue weighted by Crippen LogP contribution is -2.35. The molecule has 0 saturated carbocycles. The molecule has 2 aromatic heterocycles. The number of hydrogen-bond acceptors (Lipinski definition) is 4. The van der Waals surface area contributed by atoms with Crippen LogP contribution in [0.2, 0.25) is 0 Å². The van der Waals surface area contributed by atoms with Crippen LogP contribution in [0.1, 0.15) is 35.8 Å². The van der Waals surface area contributed by atoms with Crippen LogP contribution >= 0.6 is 0 Å². The maximum Gasteiger partial charge on any atom is 0.341 e. The molecule has 3 rings (SSSR count). The van der Waals surface area contributed by atoms with E-state index in [0.29, 0.717) is 17.1 Å². The summed E-state index contributed by atoms with van der Waals surface area (Å²) in [5.41, 5.74) is 2.27. The predicted molar refractivity (Wildman–Crippen MR) is 85.1 cm³/mol. The first-order valence-electron chi connectivity index (χ1n) is 7.98. The van der Waals surface area contributed by atoms with Gasteiger partial charge in [-0.3, -0.25) is 0 Å². The molecule has 1 atom stereocenters. The maximum absolute atomic E-state index is 11.8. The van der Waals surface area contributed by atoms with E-state index in [4.69, 9.17) is 4.74 Å². The van der Waals surface area contributed by atoms with Gasteiger partial charge in [-0.15, -0.1) is 0 Å². The lowest BCUT2D eigenvalue weighted by Gasteiger charge is -2.31. The van der Waals surface area contributed by atoms with E-state index in [1.54, 1.807) is 6.07 Å². The summed E-state index contributed by atoms with van der Waals surface area (Å²) >= 11 is 0. The average molecular weight is 301 g/mol. The third-order valence-electron chi connectivity index (χ3n) is 4.49. The van der Waals surface area contributed by atoms with Crippen LogP contribution in [0.25, 0.3) is 5.65 Å². The highest BCUT2D eigenvalue weighted by molar-refractivity contribution is 5.95. The van der Waals surface area contributed by atoms with Crippen LogP contribution in [0, 0.1) is 5.92 Å². The molecule has 3 heterocycles. The molecule has 1 aliphatic rings. The second-order valence-electron chi connectivity index (χ2n) is 5.98. The topological polar surface area (TPSA) is 46.8 Å². The van der Waals surface area contributed by atoms with Crippen LogP contribution < -0.4 is 0 Å². The van der Waals surface area contributed by atoms with Crippen molar-refractivity contribution in [2.45, 2.75) is 26.2 Å². The molecule has 118 valence electrons. The Morgan fingerprint density at radius 1 is 1.50 bits per heavy atom. The standard InChI is InChI=1S/C17H23N3O2/c1-3-19-8-4-6-13(11-19)10-14-12-20-9-5-7-15(16(20)18-14)17(21)22-2/h5,7,9,12-13H,3-4,6,8,10-11H2,1-2H3. The van der Waals surface area contributed by atoms with E-state index < -0.39 is 0 Å². The number of piperidine rings is 1. The molecule has 0 N–H and O–H groups in total. The molecule has 0 radical (unpaired) electrons. The van der Waals surface area contributed by atoms with E-state index in [1.807, 2.05) is 22.9 Å². The zero-order valence-electron chi connectivity index (χ0n) is 13.3. The summed E-state index contributed by atoms with van der Waals surface area (Å²) in [6.07, 6.45) is 7.45. The highest BCUT2D eigenvalue weighted by Crippen LogP contribution is 2.21. The van der Waals surface area contributed by atoms with Gasteiger partial charge in [0.15, 0.2) is 5.65 Å². The highest BCUT2D eigenvalue weighted by Gasteiger charge is 2.21. The minimum absolute atomic E-state index is 0.336. The molecule has 5 heteroatoms. The van der Waals surface area contributed by atoms with Gasteiger partial charge in [-0.05, 0) is 50.4 Å². The summed E-state index contributed by atoms with van der Waals surface area (Å²) < 4.78 is 6.75. The minimum atomic E-state index is -0.336. The Bertz CT molecular complexity index is 665. The van der Waals surface area contributed by atoms with Gasteiger partial charge in [-0.2, -0.15) is 0 Å². The number of imidazole rings is 1. The molecule has 0 spiro atoms. The molecule has 5 nitrogen and oxygen atoms in total. The Kier molecular flexibility index (Phi) is 4.43. The van der Waals surface area contributed by atoms with Crippen molar-refractivity contribution in [1.82, 2.24) is 14.3 Å². The zero-order chi connectivity index (χ0) is 15.5. The lowest BCUT2D eigenvalue weighted by molar-refractivity contribution is 0.0602. The number of carbonyl (C=O) groups is 1. The number of likely N-dealkylation sites (tertiary alicyclic amines) is 1. The van der Waals surface area contributed by atoms with E-state index in [9.17, 15) is 4.79 Å². The van der Waals surface area contributed by atoms with Crippen molar-refractivity contribution in [2.75, 3.05) is 26.7 Å². The van der Waals surface area contributed by atoms with E-state index in [0.717, 1.165) is 25.2 Å². The van der Waals surface area contributed by atoms with Crippen molar-refractivity contribution in [3.63, 3.8) is 0 Å². The van der Waals surface area contributed by atoms with Crippen LogP contribution in [0.4, 0.5) is 0 Å². The maximum atomic E-state index is 11.8. The number of methoxy groups -OCH3 is 1. The summed E-state index contributed by atoms with van der Waals surface area (Å²) in [5, 5.41) is 0. The summed E-state index contributed by atoms with van der Waals surface area (Å²) in [7, 11) is 1.40. The van der Waals surface area contributed by atoms with Crippen LogP contribution in [0.15, 0.2) is 24.5 Å². The normalized spacial score (nSPS) is 19.5. The Morgan fingerprint density at radius 2 is 2.36 bits per heavy atom. The SMILES string of the molecule is CCN1CCCC(Cc2cn3cccc(C(=O)OC)c3n2)C1. The van der Waals surface area contributed by atoms with Gasteiger partial charge in [0.25, 0.3) is 0 Å². The molecule has 0 bridgehead atoms. The third kappa shape index (κ3) is 2.99. The summed E-state index contributed by atoms with van der Waals surface area (Å²) in [5.74, 6) is 0.317. The molecule has 22 heavy (non-hydrogen) atoms.